The van der Waals surface area contributed by atoms with Gasteiger partial charge in [0.25, 0.3) is 0 Å². The predicted molar refractivity (Wildman–Crippen MR) is 93.7 cm³/mol. The summed E-state index contributed by atoms with van der Waals surface area (Å²) in [5.74, 6) is 0.467. The summed E-state index contributed by atoms with van der Waals surface area (Å²) in [6.07, 6.45) is 2.50. The van der Waals surface area contributed by atoms with Crippen molar-refractivity contribution in [2.45, 2.75) is 39.2 Å². The molecule has 0 aromatic heterocycles. The fraction of sp³-hybridized carbons (Fsp3) is 0.600. The van der Waals surface area contributed by atoms with Gasteiger partial charge in [-0.25, -0.2) is 8.42 Å². The SMILES string of the molecule is CCCNC(CCCS(=O)(=O)CC)c1ccc(Cl)c(Br)c1. The second-order valence-corrected chi connectivity index (χ2v) is 8.79. The highest BCUT2D eigenvalue weighted by Gasteiger charge is 2.14. The molecule has 0 amide bonds. The van der Waals surface area contributed by atoms with Crippen molar-refractivity contribution >= 4 is 37.4 Å². The van der Waals surface area contributed by atoms with Gasteiger partial charge < -0.3 is 5.32 Å². The molecule has 21 heavy (non-hydrogen) atoms. The minimum atomic E-state index is -2.89. The molecule has 0 aliphatic carbocycles. The number of nitrogens with one attached hydrogen (secondary N) is 1. The van der Waals surface area contributed by atoms with Gasteiger partial charge >= 0.3 is 0 Å². The van der Waals surface area contributed by atoms with E-state index < -0.39 is 9.84 Å². The molecule has 1 unspecified atom stereocenters. The van der Waals surface area contributed by atoms with Crippen molar-refractivity contribution in [3.63, 3.8) is 0 Å². The fourth-order valence-corrected chi connectivity index (χ4v) is 3.50. The molecule has 0 aliphatic heterocycles. The van der Waals surface area contributed by atoms with E-state index in [1.54, 1.807) is 6.92 Å². The summed E-state index contributed by atoms with van der Waals surface area (Å²) in [6, 6.07) is 6.02. The topological polar surface area (TPSA) is 46.2 Å². The Morgan fingerprint density at radius 2 is 2.05 bits per heavy atom. The van der Waals surface area contributed by atoms with Crippen LogP contribution in [0.5, 0.6) is 0 Å². The molecule has 1 aromatic carbocycles. The van der Waals surface area contributed by atoms with Crippen LogP contribution in [0.2, 0.25) is 5.02 Å². The van der Waals surface area contributed by atoms with Gasteiger partial charge in [0.15, 0.2) is 0 Å². The van der Waals surface area contributed by atoms with Crippen LogP contribution in [0.3, 0.4) is 0 Å². The Morgan fingerprint density at radius 1 is 1.33 bits per heavy atom. The number of hydrogen-bond donors (Lipinski definition) is 1. The third-order valence-corrected chi connectivity index (χ3v) is 6.38. The van der Waals surface area contributed by atoms with Crippen molar-refractivity contribution in [3.8, 4) is 0 Å². The first kappa shape index (κ1) is 18.9. The van der Waals surface area contributed by atoms with Crippen LogP contribution < -0.4 is 5.32 Å². The van der Waals surface area contributed by atoms with Crippen LogP contribution in [-0.2, 0) is 9.84 Å². The van der Waals surface area contributed by atoms with E-state index in [0.29, 0.717) is 11.4 Å². The molecule has 0 aliphatic rings. The van der Waals surface area contributed by atoms with Gasteiger partial charge in [0.2, 0.25) is 0 Å². The molecule has 0 saturated heterocycles. The molecule has 1 N–H and O–H groups in total. The smallest absolute Gasteiger partial charge is 0.150 e. The zero-order chi connectivity index (χ0) is 15.9. The lowest BCUT2D eigenvalue weighted by molar-refractivity contribution is 0.492. The Morgan fingerprint density at radius 3 is 2.62 bits per heavy atom. The molecule has 6 heteroatoms. The Bertz CT molecular complexity index is 549. The van der Waals surface area contributed by atoms with E-state index in [1.165, 1.54) is 0 Å². The molecule has 0 saturated carbocycles. The summed E-state index contributed by atoms with van der Waals surface area (Å²) in [5, 5.41) is 4.16. The third kappa shape index (κ3) is 6.68. The van der Waals surface area contributed by atoms with Crippen LogP contribution in [0, 0.1) is 0 Å². The monoisotopic (exact) mass is 395 g/mol. The number of sulfone groups is 1. The lowest BCUT2D eigenvalue weighted by Crippen LogP contribution is -2.23. The first-order chi connectivity index (χ1) is 9.89. The minimum Gasteiger partial charge on any atom is -0.310 e. The van der Waals surface area contributed by atoms with Crippen LogP contribution in [0.25, 0.3) is 0 Å². The van der Waals surface area contributed by atoms with Crippen LogP contribution in [0.15, 0.2) is 22.7 Å². The van der Waals surface area contributed by atoms with Crippen molar-refractivity contribution in [1.29, 1.82) is 0 Å². The number of halogens is 2. The van der Waals surface area contributed by atoms with E-state index in [-0.39, 0.29) is 17.5 Å². The summed E-state index contributed by atoms with van der Waals surface area (Å²) in [4.78, 5) is 0. The molecule has 0 heterocycles. The van der Waals surface area contributed by atoms with E-state index in [4.69, 9.17) is 11.6 Å². The van der Waals surface area contributed by atoms with Gasteiger partial charge in [0, 0.05) is 16.3 Å². The standard InChI is InChI=1S/C15H23BrClNO2S/c1-3-9-18-15(6-5-10-21(19,20)4-2)12-7-8-14(17)13(16)11-12/h7-8,11,15,18H,3-6,9-10H2,1-2H3. The maximum Gasteiger partial charge on any atom is 0.150 e. The van der Waals surface area contributed by atoms with E-state index >= 15 is 0 Å². The quantitative estimate of drug-likeness (QED) is 0.674. The Kier molecular flexibility index (Phi) is 8.24. The molecular weight excluding hydrogens is 374 g/mol. The molecule has 0 spiro atoms. The Hall–Kier alpha value is -0.100. The molecular formula is C15H23BrClNO2S. The van der Waals surface area contributed by atoms with Gasteiger partial charge in [0.05, 0.1) is 10.8 Å². The van der Waals surface area contributed by atoms with E-state index in [0.717, 1.165) is 29.4 Å². The average molecular weight is 397 g/mol. The molecule has 0 fully saturated rings. The van der Waals surface area contributed by atoms with E-state index in [2.05, 4.69) is 28.2 Å². The average Bonchev–Trinajstić information content (AvgIpc) is 2.45. The van der Waals surface area contributed by atoms with Gasteiger partial charge in [-0.2, -0.15) is 0 Å². The summed E-state index contributed by atoms with van der Waals surface area (Å²) in [6.45, 7) is 4.72. The second kappa shape index (κ2) is 9.13. The first-order valence-electron chi connectivity index (χ1n) is 7.28. The number of benzene rings is 1. The highest BCUT2D eigenvalue weighted by atomic mass is 79.9. The third-order valence-electron chi connectivity index (χ3n) is 3.37. The van der Waals surface area contributed by atoms with Crippen molar-refractivity contribution in [2.24, 2.45) is 0 Å². The highest BCUT2D eigenvalue weighted by Crippen LogP contribution is 2.28. The largest absolute Gasteiger partial charge is 0.310 e. The lowest BCUT2D eigenvalue weighted by Gasteiger charge is -2.19. The molecule has 0 radical (unpaired) electrons. The number of hydrogen-bond acceptors (Lipinski definition) is 3. The predicted octanol–water partition coefficient (Wildman–Crippen LogP) is 4.36. The van der Waals surface area contributed by atoms with Gasteiger partial charge in [-0.3, -0.25) is 0 Å². The van der Waals surface area contributed by atoms with Crippen LogP contribution >= 0.6 is 27.5 Å². The van der Waals surface area contributed by atoms with Crippen molar-refractivity contribution < 1.29 is 8.42 Å². The van der Waals surface area contributed by atoms with Gasteiger partial charge in [-0.05, 0) is 59.4 Å². The Labute approximate surface area is 141 Å². The van der Waals surface area contributed by atoms with Crippen molar-refractivity contribution in [3.05, 3.63) is 33.3 Å². The normalized spacial score (nSPS) is 13.3. The van der Waals surface area contributed by atoms with E-state index in [1.807, 2.05) is 18.2 Å². The molecule has 1 aromatic rings. The van der Waals surface area contributed by atoms with Crippen LogP contribution in [0.1, 0.15) is 44.7 Å². The summed E-state index contributed by atoms with van der Waals surface area (Å²) < 4.78 is 24.0. The first-order valence-corrected chi connectivity index (χ1v) is 10.3. The van der Waals surface area contributed by atoms with E-state index in [9.17, 15) is 8.42 Å². The minimum absolute atomic E-state index is 0.158. The van der Waals surface area contributed by atoms with Crippen LogP contribution in [-0.4, -0.2) is 26.5 Å². The van der Waals surface area contributed by atoms with Crippen molar-refractivity contribution in [1.82, 2.24) is 5.32 Å². The van der Waals surface area contributed by atoms with Gasteiger partial charge in [-0.15, -0.1) is 0 Å². The molecule has 1 atom stereocenters. The summed E-state index contributed by atoms with van der Waals surface area (Å²) >= 11 is 9.46. The maximum atomic E-state index is 11.6. The van der Waals surface area contributed by atoms with Gasteiger partial charge in [-0.1, -0.05) is 31.5 Å². The van der Waals surface area contributed by atoms with Gasteiger partial charge in [0.1, 0.15) is 9.84 Å². The highest BCUT2D eigenvalue weighted by molar-refractivity contribution is 9.10. The van der Waals surface area contributed by atoms with Crippen molar-refractivity contribution in [2.75, 3.05) is 18.1 Å². The maximum absolute atomic E-state index is 11.6. The summed E-state index contributed by atoms with van der Waals surface area (Å²) in [5.41, 5.74) is 1.13. The molecule has 3 nitrogen and oxygen atoms in total. The Balaban J connectivity index is 2.73. The second-order valence-electron chi connectivity index (χ2n) is 5.06. The summed E-state index contributed by atoms with van der Waals surface area (Å²) in [7, 11) is -2.89. The molecule has 1 rings (SSSR count). The number of rotatable bonds is 9. The zero-order valence-electron chi connectivity index (χ0n) is 12.5. The lowest BCUT2D eigenvalue weighted by atomic mass is 10.0. The fourth-order valence-electron chi connectivity index (χ4n) is 2.09. The molecule has 0 bridgehead atoms. The van der Waals surface area contributed by atoms with Crippen LogP contribution in [0.4, 0.5) is 0 Å². The molecule has 120 valence electrons. The zero-order valence-corrected chi connectivity index (χ0v) is 15.7.